The Kier molecular flexibility index (Phi) is 10.6. The molecular weight excluding hydrogens is 972 g/mol. The van der Waals surface area contributed by atoms with Crippen LogP contribution in [0.2, 0.25) is 0 Å². The first-order valence-corrected chi connectivity index (χ1v) is 28.2. The predicted molar refractivity (Wildman–Crippen MR) is 335 cm³/mol. The molecule has 0 saturated carbocycles. The molecule has 15 rings (SSSR count). The maximum absolute atomic E-state index is 2.65. The quantitative estimate of drug-likeness (QED) is 0.141. The molecule has 77 heavy (non-hydrogen) atoms. The van der Waals surface area contributed by atoms with E-state index in [1.54, 1.807) is 0 Å². The second-order valence-electron chi connectivity index (χ2n) is 20.6. The largest absolute Gasteiger partial charge is 0.310 e. The van der Waals surface area contributed by atoms with Crippen molar-refractivity contribution in [3.63, 3.8) is 0 Å². The number of hydrogen-bond donors (Lipinski definition) is 0. The van der Waals surface area contributed by atoms with E-state index in [1.807, 2.05) is 22.7 Å². The summed E-state index contributed by atoms with van der Waals surface area (Å²) in [6, 6.07) is 87.5. The Balaban J connectivity index is 0.997. The van der Waals surface area contributed by atoms with Crippen molar-refractivity contribution in [2.24, 2.45) is 0 Å². The number of hydrogen-bond acceptors (Lipinski definition) is 6. The molecule has 0 saturated heterocycles. The summed E-state index contributed by atoms with van der Waals surface area (Å²) in [4.78, 5) is 10.0. The van der Waals surface area contributed by atoms with Gasteiger partial charge in [-0.15, -0.1) is 22.7 Å². The lowest BCUT2D eigenvalue weighted by molar-refractivity contribution is 1.21. The molecule has 0 atom stereocenters. The number of anilines is 12. The molecule has 0 unspecified atom stereocenters. The molecule has 0 N–H and O–H groups in total. The van der Waals surface area contributed by atoms with Crippen molar-refractivity contribution in [3.8, 4) is 0 Å². The molecule has 2 aliphatic rings. The Morgan fingerprint density at radius 1 is 0.312 bits per heavy atom. The van der Waals surface area contributed by atoms with Crippen LogP contribution in [0.15, 0.2) is 237 Å². The van der Waals surface area contributed by atoms with E-state index < -0.39 is 0 Å². The van der Waals surface area contributed by atoms with E-state index in [0.717, 1.165) is 34.1 Å². The molecule has 4 heterocycles. The van der Waals surface area contributed by atoms with Gasteiger partial charge in [-0.25, -0.2) is 0 Å². The van der Waals surface area contributed by atoms with E-state index in [-0.39, 0.29) is 6.71 Å². The van der Waals surface area contributed by atoms with Gasteiger partial charge in [0, 0.05) is 76.4 Å². The maximum Gasteiger partial charge on any atom is 0.252 e. The van der Waals surface area contributed by atoms with Crippen LogP contribution in [-0.2, 0) is 0 Å². The lowest BCUT2D eigenvalue weighted by Crippen LogP contribution is -2.61. The van der Waals surface area contributed by atoms with Gasteiger partial charge in [0.15, 0.2) is 0 Å². The molecule has 0 amide bonds. The van der Waals surface area contributed by atoms with E-state index in [9.17, 15) is 0 Å². The molecular formula is C70H51BN4S2. The number of para-hydroxylation sites is 6. The lowest BCUT2D eigenvalue weighted by atomic mass is 9.33. The molecule has 0 fully saturated rings. The normalized spacial score (nSPS) is 12.6. The Morgan fingerprint density at radius 3 is 1.01 bits per heavy atom. The van der Waals surface area contributed by atoms with Gasteiger partial charge >= 0.3 is 0 Å². The van der Waals surface area contributed by atoms with Crippen LogP contribution >= 0.6 is 22.7 Å². The lowest BCUT2D eigenvalue weighted by Gasteiger charge is -2.45. The molecule has 2 aliphatic heterocycles. The summed E-state index contributed by atoms with van der Waals surface area (Å²) in [6.07, 6.45) is 0. The van der Waals surface area contributed by atoms with Crippen molar-refractivity contribution < 1.29 is 0 Å². The maximum atomic E-state index is 2.65. The molecule has 366 valence electrons. The van der Waals surface area contributed by atoms with Gasteiger partial charge in [0.25, 0.3) is 6.71 Å². The Hall–Kier alpha value is -8.88. The van der Waals surface area contributed by atoms with Gasteiger partial charge in [-0.2, -0.15) is 0 Å². The highest BCUT2D eigenvalue weighted by Crippen LogP contribution is 2.53. The van der Waals surface area contributed by atoms with E-state index >= 15 is 0 Å². The van der Waals surface area contributed by atoms with Gasteiger partial charge in [-0.05, 0) is 151 Å². The van der Waals surface area contributed by atoms with Crippen molar-refractivity contribution in [1.29, 1.82) is 0 Å². The van der Waals surface area contributed by atoms with E-state index in [4.69, 9.17) is 0 Å². The zero-order valence-corrected chi connectivity index (χ0v) is 44.8. The summed E-state index contributed by atoms with van der Waals surface area (Å²) in [5.41, 5.74) is 23.3. The molecule has 0 aliphatic carbocycles. The van der Waals surface area contributed by atoms with E-state index in [2.05, 4.69) is 284 Å². The van der Waals surface area contributed by atoms with Crippen LogP contribution in [0.1, 0.15) is 22.3 Å². The first-order chi connectivity index (χ1) is 37.9. The minimum atomic E-state index is -0.0407. The van der Waals surface area contributed by atoms with Crippen LogP contribution in [0, 0.1) is 27.7 Å². The van der Waals surface area contributed by atoms with Gasteiger partial charge < -0.3 is 19.6 Å². The van der Waals surface area contributed by atoms with Crippen molar-refractivity contribution in [2.45, 2.75) is 27.7 Å². The molecule has 0 bridgehead atoms. The van der Waals surface area contributed by atoms with Crippen molar-refractivity contribution >= 4 is 154 Å². The third-order valence-corrected chi connectivity index (χ3v) is 18.4. The van der Waals surface area contributed by atoms with Crippen LogP contribution in [0.4, 0.5) is 68.2 Å². The highest BCUT2D eigenvalue weighted by molar-refractivity contribution is 7.27. The summed E-state index contributed by atoms with van der Waals surface area (Å²) in [5, 5.41) is 5.10. The average Bonchev–Trinajstić information content (AvgIpc) is 4.27. The van der Waals surface area contributed by atoms with Crippen LogP contribution in [0.5, 0.6) is 0 Å². The van der Waals surface area contributed by atoms with Crippen LogP contribution < -0.4 is 36.0 Å². The minimum absolute atomic E-state index is 0.0407. The molecule has 2 aromatic heterocycles. The number of nitrogens with zero attached hydrogens (tertiary/aromatic N) is 4. The highest BCUT2D eigenvalue weighted by Gasteiger charge is 2.45. The standard InChI is InChI=1S/C70H51BN4S2/c1-44-20-17-21-45(2)65(44)74-60-32-19-33-61-64(60)71(58-40-38-56-54-36-34-52(42-62(54)76-69(56)67(58)74)72(48-24-9-5-10-25-48)49-26-11-6-12-27-49)59-41-39-57-55-37-35-53(73(50-28-13-7-14-29-50)51-30-15-8-16-31-51)43-63(55)77-70(57)68(59)75(61)66-46(3)22-18-23-47(66)4/h5-43H,1-4H3. The number of fused-ring (bicyclic) bond motifs is 12. The minimum Gasteiger partial charge on any atom is -0.310 e. The summed E-state index contributed by atoms with van der Waals surface area (Å²) >= 11 is 3.85. The zero-order chi connectivity index (χ0) is 51.5. The topological polar surface area (TPSA) is 13.0 Å². The number of rotatable bonds is 8. The first-order valence-electron chi connectivity index (χ1n) is 26.5. The van der Waals surface area contributed by atoms with Gasteiger partial charge in [-0.3, -0.25) is 0 Å². The Bertz CT molecular complexity index is 4070. The third kappa shape index (κ3) is 7.04. The van der Waals surface area contributed by atoms with Crippen molar-refractivity contribution in [2.75, 3.05) is 19.6 Å². The summed E-state index contributed by atoms with van der Waals surface area (Å²) in [6.45, 7) is 9.08. The van der Waals surface area contributed by atoms with Gasteiger partial charge in [0.2, 0.25) is 0 Å². The summed E-state index contributed by atoms with van der Waals surface area (Å²) < 4.78 is 5.13. The molecule has 11 aromatic carbocycles. The molecule has 7 heteroatoms. The van der Waals surface area contributed by atoms with Crippen LogP contribution in [0.25, 0.3) is 40.3 Å². The highest BCUT2D eigenvalue weighted by atomic mass is 32.1. The van der Waals surface area contributed by atoms with Crippen LogP contribution in [-0.4, -0.2) is 6.71 Å². The SMILES string of the molecule is Cc1cccc(C)c1N1c2cccc3c2B(c2ccc4c(sc5cc(N(c6ccccc6)c6ccccc6)ccc54)c21)c1ccc2c(sc4cc(N(c5ccccc5)c5ccccc5)ccc42)c1N3c1c(C)cccc1C. The first kappa shape index (κ1) is 45.5. The Morgan fingerprint density at radius 2 is 0.649 bits per heavy atom. The van der Waals surface area contributed by atoms with Gasteiger partial charge in [0.1, 0.15) is 0 Å². The summed E-state index contributed by atoms with van der Waals surface area (Å²) in [5.74, 6) is 0. The fourth-order valence-electron chi connectivity index (χ4n) is 12.8. The molecule has 13 aromatic rings. The smallest absolute Gasteiger partial charge is 0.252 e. The number of aryl methyl sites for hydroxylation is 4. The van der Waals surface area contributed by atoms with Crippen molar-refractivity contribution in [1.82, 2.24) is 0 Å². The molecule has 4 nitrogen and oxygen atoms in total. The predicted octanol–water partition coefficient (Wildman–Crippen LogP) is 18.7. The fourth-order valence-corrected chi connectivity index (χ4v) is 15.4. The monoisotopic (exact) mass is 1020 g/mol. The average molecular weight is 1020 g/mol. The number of thiophene rings is 2. The molecule has 0 spiro atoms. The van der Waals surface area contributed by atoms with Gasteiger partial charge in [-0.1, -0.05) is 152 Å². The number of benzene rings is 11. The van der Waals surface area contributed by atoms with Crippen LogP contribution in [0.3, 0.4) is 0 Å². The zero-order valence-electron chi connectivity index (χ0n) is 43.2. The summed E-state index contributed by atoms with van der Waals surface area (Å²) in [7, 11) is 0. The second kappa shape index (κ2) is 17.9. The molecule has 0 radical (unpaired) electrons. The third-order valence-electron chi connectivity index (χ3n) is 16.1. The van der Waals surface area contributed by atoms with Crippen molar-refractivity contribution in [3.05, 3.63) is 259 Å². The van der Waals surface area contributed by atoms with E-state index in [1.165, 1.54) is 113 Å². The fraction of sp³-hybridized carbons (Fsp3) is 0.0571. The van der Waals surface area contributed by atoms with E-state index in [0.29, 0.717) is 0 Å². The second-order valence-corrected chi connectivity index (χ2v) is 22.7. The van der Waals surface area contributed by atoms with Gasteiger partial charge in [0.05, 0.1) is 32.1 Å². The Labute approximate surface area is 457 Å².